The van der Waals surface area contributed by atoms with Crippen LogP contribution in [0.2, 0.25) is 0 Å². The normalized spacial score (nSPS) is 27.9. The van der Waals surface area contributed by atoms with Crippen molar-refractivity contribution in [2.24, 2.45) is 0 Å². The average Bonchev–Trinajstić information content (AvgIpc) is 2.93. The summed E-state index contributed by atoms with van der Waals surface area (Å²) in [7, 11) is 0. The van der Waals surface area contributed by atoms with Gasteiger partial charge in [-0.1, -0.05) is 13.3 Å². The van der Waals surface area contributed by atoms with Crippen molar-refractivity contribution in [2.45, 2.75) is 44.7 Å². The molecule has 1 aromatic rings. The molecule has 2 aliphatic rings. The first-order valence-corrected chi connectivity index (χ1v) is 8.14. The Kier molecular flexibility index (Phi) is 3.97. The van der Waals surface area contributed by atoms with Crippen LogP contribution in [0.15, 0.2) is 11.6 Å². The Balaban J connectivity index is 1.69. The number of piperidine rings is 1. The molecule has 2 aliphatic heterocycles. The van der Waals surface area contributed by atoms with E-state index in [0.29, 0.717) is 6.04 Å². The van der Waals surface area contributed by atoms with Crippen LogP contribution in [0, 0.1) is 0 Å². The van der Waals surface area contributed by atoms with Gasteiger partial charge >= 0.3 is 0 Å². The van der Waals surface area contributed by atoms with Crippen molar-refractivity contribution in [3.05, 3.63) is 16.6 Å². The predicted octanol–water partition coefficient (Wildman–Crippen LogP) is 2.76. The fourth-order valence-electron chi connectivity index (χ4n) is 3.45. The summed E-state index contributed by atoms with van der Waals surface area (Å²) in [6.07, 6.45) is 7.34. The summed E-state index contributed by atoms with van der Waals surface area (Å²) in [4.78, 5) is 9.90. The highest BCUT2D eigenvalue weighted by Gasteiger charge is 2.32. The van der Waals surface area contributed by atoms with Gasteiger partial charge in [-0.25, -0.2) is 4.98 Å². The predicted molar refractivity (Wildman–Crippen MR) is 75.9 cm³/mol. The van der Waals surface area contributed by atoms with Crippen LogP contribution in [0.4, 0.5) is 0 Å². The molecule has 0 radical (unpaired) electrons. The summed E-state index contributed by atoms with van der Waals surface area (Å²) in [6, 6.07) is 1.36. The van der Waals surface area contributed by atoms with E-state index in [1.807, 2.05) is 17.5 Å². The Morgan fingerprint density at radius 3 is 3.11 bits per heavy atom. The summed E-state index contributed by atoms with van der Waals surface area (Å²) >= 11 is 1.81. The van der Waals surface area contributed by atoms with Crippen LogP contribution >= 0.6 is 11.3 Å². The third-order valence-electron chi connectivity index (χ3n) is 4.43. The summed E-state index contributed by atoms with van der Waals surface area (Å²) < 4.78 is 0. The fourth-order valence-corrected chi connectivity index (χ4v) is 4.31. The van der Waals surface area contributed by atoms with E-state index in [0.717, 1.165) is 6.04 Å². The molecule has 0 aromatic carbocycles. The molecule has 0 bridgehead atoms. The SMILES string of the molecule is CCC(c1nccs1)N1CCN2CCCCC2C1. The van der Waals surface area contributed by atoms with Crippen molar-refractivity contribution in [3.63, 3.8) is 0 Å². The molecule has 2 fully saturated rings. The number of hydrogen-bond acceptors (Lipinski definition) is 4. The van der Waals surface area contributed by atoms with E-state index in [4.69, 9.17) is 0 Å². The molecule has 0 N–H and O–H groups in total. The summed E-state index contributed by atoms with van der Waals surface area (Å²) in [5.74, 6) is 0. The molecule has 2 atom stereocenters. The van der Waals surface area contributed by atoms with Gasteiger partial charge in [0.25, 0.3) is 0 Å². The minimum atomic E-state index is 0.550. The van der Waals surface area contributed by atoms with Crippen molar-refractivity contribution >= 4 is 11.3 Å². The van der Waals surface area contributed by atoms with Crippen LogP contribution < -0.4 is 0 Å². The minimum Gasteiger partial charge on any atom is -0.298 e. The van der Waals surface area contributed by atoms with Gasteiger partial charge in [0.05, 0.1) is 6.04 Å². The zero-order valence-corrected chi connectivity index (χ0v) is 12.0. The second kappa shape index (κ2) is 5.68. The standard InChI is InChI=1S/C14H23N3S/c1-2-13(14-15-6-10-18-14)17-9-8-16-7-4-3-5-12(16)11-17/h6,10,12-13H,2-5,7-9,11H2,1H3. The zero-order valence-electron chi connectivity index (χ0n) is 11.2. The largest absolute Gasteiger partial charge is 0.298 e. The molecular formula is C14H23N3S. The van der Waals surface area contributed by atoms with Gasteiger partial charge in [-0.05, 0) is 25.8 Å². The van der Waals surface area contributed by atoms with Crippen molar-refractivity contribution in [1.29, 1.82) is 0 Å². The van der Waals surface area contributed by atoms with E-state index in [2.05, 4.69) is 27.1 Å². The zero-order chi connectivity index (χ0) is 12.4. The monoisotopic (exact) mass is 265 g/mol. The molecule has 3 nitrogen and oxygen atoms in total. The first-order chi connectivity index (χ1) is 8.88. The highest BCUT2D eigenvalue weighted by atomic mass is 32.1. The maximum atomic E-state index is 4.53. The number of nitrogens with zero attached hydrogens (tertiary/aromatic N) is 3. The fraction of sp³-hybridized carbons (Fsp3) is 0.786. The molecule has 3 heterocycles. The Labute approximate surface area is 114 Å². The van der Waals surface area contributed by atoms with E-state index < -0.39 is 0 Å². The second-order valence-electron chi connectivity index (χ2n) is 5.47. The number of fused-ring (bicyclic) bond motifs is 1. The van der Waals surface area contributed by atoms with E-state index in [9.17, 15) is 0 Å². The van der Waals surface area contributed by atoms with Crippen LogP contribution in [0.1, 0.15) is 43.7 Å². The number of rotatable bonds is 3. The highest BCUT2D eigenvalue weighted by Crippen LogP contribution is 2.30. The molecule has 0 amide bonds. The number of piperazine rings is 1. The molecule has 18 heavy (non-hydrogen) atoms. The molecule has 1 aromatic heterocycles. The molecule has 100 valence electrons. The lowest BCUT2D eigenvalue weighted by Crippen LogP contribution is -2.55. The smallest absolute Gasteiger partial charge is 0.110 e. The van der Waals surface area contributed by atoms with Gasteiger partial charge < -0.3 is 0 Å². The number of thiazole rings is 1. The first kappa shape index (κ1) is 12.6. The highest BCUT2D eigenvalue weighted by molar-refractivity contribution is 7.09. The van der Waals surface area contributed by atoms with E-state index in [1.54, 1.807) is 0 Å². The molecule has 4 heteroatoms. The second-order valence-corrected chi connectivity index (χ2v) is 6.40. The van der Waals surface area contributed by atoms with Crippen molar-refractivity contribution in [3.8, 4) is 0 Å². The van der Waals surface area contributed by atoms with Gasteiger partial charge in [0.15, 0.2) is 0 Å². The first-order valence-electron chi connectivity index (χ1n) is 7.26. The van der Waals surface area contributed by atoms with Gasteiger partial charge in [-0.2, -0.15) is 0 Å². The quantitative estimate of drug-likeness (QED) is 0.838. The number of hydrogen-bond donors (Lipinski definition) is 0. The molecule has 2 saturated heterocycles. The van der Waals surface area contributed by atoms with Crippen LogP contribution in [-0.4, -0.2) is 47.0 Å². The molecule has 2 unspecified atom stereocenters. The van der Waals surface area contributed by atoms with E-state index >= 15 is 0 Å². The van der Waals surface area contributed by atoms with Crippen LogP contribution in [0.25, 0.3) is 0 Å². The average molecular weight is 265 g/mol. The maximum absolute atomic E-state index is 4.53. The van der Waals surface area contributed by atoms with E-state index in [-0.39, 0.29) is 0 Å². The van der Waals surface area contributed by atoms with Gasteiger partial charge in [0.1, 0.15) is 5.01 Å². The van der Waals surface area contributed by atoms with Gasteiger partial charge in [-0.3, -0.25) is 9.80 Å². The van der Waals surface area contributed by atoms with Gasteiger partial charge in [0.2, 0.25) is 0 Å². The molecular weight excluding hydrogens is 242 g/mol. The Morgan fingerprint density at radius 1 is 1.39 bits per heavy atom. The Hall–Kier alpha value is -0.450. The molecule has 3 rings (SSSR count). The third kappa shape index (κ3) is 2.46. The van der Waals surface area contributed by atoms with Crippen LogP contribution in [-0.2, 0) is 0 Å². The molecule has 0 spiro atoms. The maximum Gasteiger partial charge on any atom is 0.110 e. The van der Waals surface area contributed by atoms with Gasteiger partial charge in [0, 0.05) is 37.3 Å². The van der Waals surface area contributed by atoms with Crippen molar-refractivity contribution < 1.29 is 0 Å². The topological polar surface area (TPSA) is 19.4 Å². The summed E-state index contributed by atoms with van der Waals surface area (Å²) in [5, 5.41) is 3.41. The van der Waals surface area contributed by atoms with Gasteiger partial charge in [-0.15, -0.1) is 11.3 Å². The number of aromatic nitrogens is 1. The Bertz CT molecular complexity index is 365. The minimum absolute atomic E-state index is 0.550. The van der Waals surface area contributed by atoms with Crippen molar-refractivity contribution in [1.82, 2.24) is 14.8 Å². The summed E-state index contributed by atoms with van der Waals surface area (Å²) in [5.41, 5.74) is 0. The lowest BCUT2D eigenvalue weighted by molar-refractivity contribution is 0.0258. The van der Waals surface area contributed by atoms with Crippen molar-refractivity contribution in [2.75, 3.05) is 26.2 Å². The summed E-state index contributed by atoms with van der Waals surface area (Å²) in [6.45, 7) is 7.34. The van der Waals surface area contributed by atoms with Crippen LogP contribution in [0.3, 0.4) is 0 Å². The Morgan fingerprint density at radius 2 is 2.33 bits per heavy atom. The van der Waals surface area contributed by atoms with Crippen LogP contribution in [0.5, 0.6) is 0 Å². The lowest BCUT2D eigenvalue weighted by Gasteiger charge is -2.46. The molecule has 0 aliphatic carbocycles. The lowest BCUT2D eigenvalue weighted by atomic mass is 9.98. The molecule has 0 saturated carbocycles. The third-order valence-corrected chi connectivity index (χ3v) is 5.31. The van der Waals surface area contributed by atoms with E-state index in [1.165, 1.54) is 56.9 Å².